The van der Waals surface area contributed by atoms with Crippen LogP contribution >= 0.6 is 11.6 Å². The summed E-state index contributed by atoms with van der Waals surface area (Å²) < 4.78 is 4.81. The molecule has 0 fully saturated rings. The van der Waals surface area contributed by atoms with E-state index in [0.717, 1.165) is 0 Å². The van der Waals surface area contributed by atoms with E-state index in [1.807, 2.05) is 0 Å². The Labute approximate surface area is 74.5 Å². The second kappa shape index (κ2) is 3.45. The molecule has 0 unspecified atom stereocenters. The lowest BCUT2D eigenvalue weighted by molar-refractivity contribution is -0.255. The van der Waals surface area contributed by atoms with E-state index in [4.69, 9.17) is 16.3 Å². The van der Waals surface area contributed by atoms with Crippen molar-refractivity contribution in [1.29, 1.82) is 0 Å². The van der Waals surface area contributed by atoms with E-state index in [9.17, 15) is 9.90 Å². The standard InChI is InChI=1S/C8H7ClO3/c1-12-7-4-5(8(10)11)2-3-6(7)9/h2-4H,1H3,(H,10,11)/p-1. The minimum absolute atomic E-state index is 0.0521. The molecule has 64 valence electrons. The number of rotatable bonds is 2. The summed E-state index contributed by atoms with van der Waals surface area (Å²) in [5, 5.41) is 10.7. The van der Waals surface area contributed by atoms with E-state index in [1.54, 1.807) is 0 Å². The Hall–Kier alpha value is -1.22. The van der Waals surface area contributed by atoms with Gasteiger partial charge in [-0.1, -0.05) is 17.7 Å². The molecular weight excluding hydrogens is 180 g/mol. The van der Waals surface area contributed by atoms with Crippen LogP contribution in [-0.2, 0) is 0 Å². The SMILES string of the molecule is COc1cc(C(=O)[O-])ccc1Cl. The number of carboxylic acids is 1. The summed E-state index contributed by atoms with van der Waals surface area (Å²) in [6.45, 7) is 0. The number of benzene rings is 1. The van der Waals surface area contributed by atoms with Gasteiger partial charge in [-0.3, -0.25) is 0 Å². The van der Waals surface area contributed by atoms with Crippen molar-refractivity contribution >= 4 is 17.6 Å². The molecule has 0 amide bonds. The highest BCUT2D eigenvalue weighted by atomic mass is 35.5. The Kier molecular flexibility index (Phi) is 2.55. The molecule has 1 rings (SSSR count). The Morgan fingerprint density at radius 3 is 2.75 bits per heavy atom. The molecule has 0 radical (unpaired) electrons. The van der Waals surface area contributed by atoms with Crippen LogP contribution in [-0.4, -0.2) is 13.1 Å². The smallest absolute Gasteiger partial charge is 0.138 e. The summed E-state index contributed by atoms with van der Waals surface area (Å²) in [6, 6.07) is 4.13. The first-order chi connectivity index (χ1) is 5.65. The van der Waals surface area contributed by atoms with Crippen LogP contribution in [0.5, 0.6) is 5.75 Å². The van der Waals surface area contributed by atoms with Gasteiger partial charge in [-0.25, -0.2) is 0 Å². The van der Waals surface area contributed by atoms with E-state index in [2.05, 4.69) is 0 Å². The largest absolute Gasteiger partial charge is 0.545 e. The van der Waals surface area contributed by atoms with Crippen LogP contribution in [0.1, 0.15) is 10.4 Å². The molecule has 0 aliphatic carbocycles. The molecule has 0 aliphatic rings. The molecule has 0 aliphatic heterocycles. The predicted molar refractivity (Wildman–Crippen MR) is 42.3 cm³/mol. The third kappa shape index (κ3) is 1.68. The average Bonchev–Trinajstić information content (AvgIpc) is 2.05. The highest BCUT2D eigenvalue weighted by molar-refractivity contribution is 6.32. The topological polar surface area (TPSA) is 49.4 Å². The Bertz CT molecular complexity index is 309. The lowest BCUT2D eigenvalue weighted by atomic mass is 10.2. The van der Waals surface area contributed by atoms with Gasteiger partial charge in [-0.05, 0) is 12.1 Å². The Morgan fingerprint density at radius 1 is 1.58 bits per heavy atom. The van der Waals surface area contributed by atoms with E-state index >= 15 is 0 Å². The molecule has 1 aromatic carbocycles. The number of hydrogen-bond acceptors (Lipinski definition) is 3. The van der Waals surface area contributed by atoms with Crippen LogP contribution in [0.3, 0.4) is 0 Å². The van der Waals surface area contributed by atoms with E-state index in [-0.39, 0.29) is 5.56 Å². The molecule has 0 bridgehead atoms. The maximum absolute atomic E-state index is 10.4. The highest BCUT2D eigenvalue weighted by Gasteiger charge is 2.01. The zero-order chi connectivity index (χ0) is 9.14. The monoisotopic (exact) mass is 185 g/mol. The van der Waals surface area contributed by atoms with Crippen molar-refractivity contribution in [3.63, 3.8) is 0 Å². The van der Waals surface area contributed by atoms with Crippen molar-refractivity contribution in [2.45, 2.75) is 0 Å². The summed E-state index contributed by atoms with van der Waals surface area (Å²) >= 11 is 5.66. The minimum Gasteiger partial charge on any atom is -0.545 e. The number of methoxy groups -OCH3 is 1. The normalized spacial score (nSPS) is 9.50. The lowest BCUT2D eigenvalue weighted by Crippen LogP contribution is -2.22. The van der Waals surface area contributed by atoms with Crippen LogP contribution in [0.2, 0.25) is 5.02 Å². The van der Waals surface area contributed by atoms with Gasteiger partial charge < -0.3 is 14.6 Å². The zero-order valence-corrected chi connectivity index (χ0v) is 7.09. The van der Waals surface area contributed by atoms with Gasteiger partial charge in [0.1, 0.15) is 5.75 Å². The first-order valence-corrected chi connectivity index (χ1v) is 3.58. The van der Waals surface area contributed by atoms with Crippen molar-refractivity contribution in [2.24, 2.45) is 0 Å². The van der Waals surface area contributed by atoms with Crippen LogP contribution in [0.15, 0.2) is 18.2 Å². The number of ether oxygens (including phenoxy) is 1. The first-order valence-electron chi connectivity index (χ1n) is 3.20. The van der Waals surface area contributed by atoms with Crippen molar-refractivity contribution in [3.05, 3.63) is 28.8 Å². The van der Waals surface area contributed by atoms with E-state index in [1.165, 1.54) is 25.3 Å². The molecule has 0 saturated carbocycles. The van der Waals surface area contributed by atoms with Crippen molar-refractivity contribution < 1.29 is 14.6 Å². The second-order valence-corrected chi connectivity index (χ2v) is 2.54. The third-order valence-electron chi connectivity index (χ3n) is 1.39. The van der Waals surface area contributed by atoms with Crippen LogP contribution in [0.25, 0.3) is 0 Å². The number of carboxylic acid groups (broad SMARTS) is 1. The van der Waals surface area contributed by atoms with Crippen LogP contribution in [0, 0.1) is 0 Å². The number of halogens is 1. The lowest BCUT2D eigenvalue weighted by Gasteiger charge is -2.06. The van der Waals surface area contributed by atoms with Gasteiger partial charge in [0, 0.05) is 5.56 Å². The molecule has 3 nitrogen and oxygen atoms in total. The molecule has 12 heavy (non-hydrogen) atoms. The van der Waals surface area contributed by atoms with Gasteiger partial charge in [-0.2, -0.15) is 0 Å². The molecule has 0 N–H and O–H groups in total. The van der Waals surface area contributed by atoms with Gasteiger partial charge in [0.25, 0.3) is 0 Å². The zero-order valence-electron chi connectivity index (χ0n) is 6.33. The summed E-state index contributed by atoms with van der Waals surface area (Å²) in [5.74, 6) is -0.914. The maximum atomic E-state index is 10.4. The summed E-state index contributed by atoms with van der Waals surface area (Å²) in [4.78, 5) is 10.4. The number of hydrogen-bond donors (Lipinski definition) is 0. The summed E-state index contributed by atoms with van der Waals surface area (Å²) in [5.41, 5.74) is 0.0521. The summed E-state index contributed by atoms with van der Waals surface area (Å²) in [6.07, 6.45) is 0. The quantitative estimate of drug-likeness (QED) is 0.682. The molecule has 0 saturated heterocycles. The number of carbonyl (C=O) groups is 1. The second-order valence-electron chi connectivity index (χ2n) is 2.14. The molecule has 0 atom stereocenters. The molecule has 1 aromatic rings. The van der Waals surface area contributed by atoms with Gasteiger partial charge in [0.2, 0.25) is 0 Å². The molecular formula is C8H6ClO3-. The maximum Gasteiger partial charge on any atom is 0.138 e. The average molecular weight is 186 g/mol. The highest BCUT2D eigenvalue weighted by Crippen LogP contribution is 2.24. The molecule has 0 aromatic heterocycles. The fraction of sp³-hybridized carbons (Fsp3) is 0.125. The van der Waals surface area contributed by atoms with Gasteiger partial charge >= 0.3 is 0 Å². The predicted octanol–water partition coefficient (Wildman–Crippen LogP) is 0.712. The first kappa shape index (κ1) is 8.87. The van der Waals surface area contributed by atoms with E-state index < -0.39 is 5.97 Å². The van der Waals surface area contributed by atoms with Crippen molar-refractivity contribution in [2.75, 3.05) is 7.11 Å². The van der Waals surface area contributed by atoms with Crippen LogP contribution in [0.4, 0.5) is 0 Å². The fourth-order valence-corrected chi connectivity index (χ4v) is 0.981. The van der Waals surface area contributed by atoms with E-state index in [0.29, 0.717) is 10.8 Å². The van der Waals surface area contributed by atoms with Crippen LogP contribution < -0.4 is 9.84 Å². The summed E-state index contributed by atoms with van der Waals surface area (Å²) in [7, 11) is 1.42. The van der Waals surface area contributed by atoms with Gasteiger partial charge in [-0.15, -0.1) is 0 Å². The minimum atomic E-state index is -1.25. The molecule has 0 heterocycles. The Balaban J connectivity index is 3.13. The number of aromatic carboxylic acids is 1. The van der Waals surface area contributed by atoms with Gasteiger partial charge in [0.15, 0.2) is 0 Å². The molecule has 4 heteroatoms. The Morgan fingerprint density at radius 2 is 2.25 bits per heavy atom. The fourth-order valence-electron chi connectivity index (χ4n) is 0.787. The van der Waals surface area contributed by atoms with Gasteiger partial charge in [0.05, 0.1) is 18.1 Å². The van der Waals surface area contributed by atoms with Crippen molar-refractivity contribution in [3.8, 4) is 5.75 Å². The molecule has 0 spiro atoms. The third-order valence-corrected chi connectivity index (χ3v) is 1.70. The van der Waals surface area contributed by atoms with Crippen molar-refractivity contribution in [1.82, 2.24) is 0 Å². The number of carbonyl (C=O) groups excluding carboxylic acids is 1.